The SMILES string of the molecule is COc1ccc(Cn2ncc3cc(Br)c(OC4CC4)cc32)cc1.[Br][Cu][Br]. The molecule has 143 valence electrons. The molecule has 0 saturated heterocycles. The van der Waals surface area contributed by atoms with E-state index in [0.29, 0.717) is 6.10 Å². The second-order valence-corrected chi connectivity index (χ2v) is 11.5. The zero-order valence-electron chi connectivity index (χ0n) is 13.9. The van der Waals surface area contributed by atoms with Crippen LogP contribution >= 0.6 is 44.2 Å². The van der Waals surface area contributed by atoms with Crippen LogP contribution in [0.15, 0.2) is 47.1 Å². The molecule has 2 aromatic carbocycles. The first kappa shape index (κ1) is 20.2. The van der Waals surface area contributed by atoms with E-state index in [1.165, 1.54) is 16.9 Å². The van der Waals surface area contributed by atoms with Gasteiger partial charge in [-0.2, -0.15) is 5.10 Å². The molecule has 1 aliphatic carbocycles. The maximum absolute atomic E-state index is 5.96. The van der Waals surface area contributed by atoms with E-state index >= 15 is 0 Å². The molecule has 4 rings (SSSR count). The summed E-state index contributed by atoms with van der Waals surface area (Å²) < 4.78 is 14.2. The quantitative estimate of drug-likeness (QED) is 0.335. The van der Waals surface area contributed by atoms with Crippen LogP contribution in [0.4, 0.5) is 0 Å². The Balaban J connectivity index is 0.000000613. The van der Waals surface area contributed by atoms with Gasteiger partial charge in [-0.25, -0.2) is 0 Å². The molecule has 0 radical (unpaired) electrons. The standard InChI is InChI=1S/C18H17BrN2O2.2BrH.Cu/c1-22-14-4-2-12(3-5-14)11-21-17-9-18(23-15-6-7-15)16(19)8-13(17)10-20-21;;;/h2-5,8-10,15H,6-7,11H2,1H3;2*1H;/q;;;+2/p-2. The topological polar surface area (TPSA) is 36.3 Å². The van der Waals surface area contributed by atoms with Gasteiger partial charge >= 0.3 is 39.6 Å². The second-order valence-electron chi connectivity index (χ2n) is 5.85. The van der Waals surface area contributed by atoms with Crippen molar-refractivity contribution in [1.82, 2.24) is 9.78 Å². The van der Waals surface area contributed by atoms with Crippen molar-refractivity contribution in [2.45, 2.75) is 25.5 Å². The van der Waals surface area contributed by atoms with Gasteiger partial charge < -0.3 is 9.47 Å². The molecule has 0 unspecified atom stereocenters. The Labute approximate surface area is 181 Å². The van der Waals surface area contributed by atoms with E-state index in [2.05, 4.69) is 73.5 Å². The minimum atomic E-state index is 0.377. The summed E-state index contributed by atoms with van der Waals surface area (Å²) in [6.07, 6.45) is 4.57. The molecule has 3 aromatic rings. The van der Waals surface area contributed by atoms with Crippen molar-refractivity contribution in [3.8, 4) is 11.5 Å². The van der Waals surface area contributed by atoms with E-state index < -0.39 is 0 Å². The van der Waals surface area contributed by atoms with E-state index in [-0.39, 0.29) is 0 Å². The van der Waals surface area contributed by atoms with Crippen molar-refractivity contribution in [3.05, 3.63) is 52.6 Å². The molecule has 0 spiro atoms. The number of benzene rings is 2. The van der Waals surface area contributed by atoms with E-state index in [0.717, 1.165) is 46.3 Å². The van der Waals surface area contributed by atoms with Crippen LogP contribution < -0.4 is 9.47 Å². The summed E-state index contributed by atoms with van der Waals surface area (Å²) in [7, 11) is 1.68. The van der Waals surface area contributed by atoms with Gasteiger partial charge in [0.25, 0.3) is 0 Å². The summed E-state index contributed by atoms with van der Waals surface area (Å²) in [6, 6.07) is 12.2. The summed E-state index contributed by atoms with van der Waals surface area (Å²) in [6.45, 7) is 0.720. The van der Waals surface area contributed by atoms with Gasteiger partial charge in [0, 0.05) is 11.5 Å². The van der Waals surface area contributed by atoms with Crippen LogP contribution in [0.3, 0.4) is 0 Å². The first-order valence-electron chi connectivity index (χ1n) is 7.90. The van der Waals surface area contributed by atoms with Crippen LogP contribution in [0.25, 0.3) is 10.9 Å². The van der Waals surface area contributed by atoms with Gasteiger partial charge in [0.2, 0.25) is 0 Å². The molecule has 8 heteroatoms. The average molecular weight is 597 g/mol. The van der Waals surface area contributed by atoms with Crippen LogP contribution in [0.2, 0.25) is 0 Å². The Morgan fingerprint density at radius 2 is 1.88 bits per heavy atom. The fourth-order valence-corrected chi connectivity index (χ4v) is 3.02. The number of nitrogens with zero attached hydrogens (tertiary/aromatic N) is 2. The van der Waals surface area contributed by atoms with Gasteiger partial charge in [0.05, 0.1) is 35.9 Å². The summed E-state index contributed by atoms with van der Waals surface area (Å²) in [5.41, 5.74) is 2.27. The fourth-order valence-electron chi connectivity index (χ4n) is 2.56. The number of ether oxygens (including phenoxy) is 2. The van der Waals surface area contributed by atoms with Crippen molar-refractivity contribution in [3.63, 3.8) is 0 Å². The molecule has 4 nitrogen and oxygen atoms in total. The first-order chi connectivity index (χ1) is 12.6. The predicted molar refractivity (Wildman–Crippen MR) is 111 cm³/mol. The Bertz CT molecular complexity index is 867. The minimum absolute atomic E-state index is 0.377. The van der Waals surface area contributed by atoms with E-state index in [1.54, 1.807) is 7.11 Å². The monoisotopic (exact) mass is 593 g/mol. The Kier molecular flexibility index (Phi) is 7.46. The number of hydrogen-bond donors (Lipinski definition) is 0. The van der Waals surface area contributed by atoms with Gasteiger partial charge in [-0.1, -0.05) is 12.1 Å². The van der Waals surface area contributed by atoms with Crippen molar-refractivity contribution in [1.29, 1.82) is 0 Å². The van der Waals surface area contributed by atoms with Crippen LogP contribution in [0.5, 0.6) is 11.5 Å². The number of rotatable bonds is 5. The molecule has 1 aliphatic rings. The number of hydrogen-bond acceptors (Lipinski definition) is 3. The first-order valence-corrected chi connectivity index (χ1v) is 13.4. The van der Waals surface area contributed by atoms with Gasteiger partial charge in [-0.15, -0.1) is 0 Å². The maximum atomic E-state index is 5.96. The molecular formula is C18H17Br3CuN2O2. The van der Waals surface area contributed by atoms with Crippen LogP contribution in [0.1, 0.15) is 18.4 Å². The summed E-state index contributed by atoms with van der Waals surface area (Å²) in [5, 5.41) is 5.62. The Morgan fingerprint density at radius 3 is 2.50 bits per heavy atom. The molecule has 1 saturated carbocycles. The predicted octanol–water partition coefficient (Wildman–Crippen LogP) is 6.09. The second kappa shape index (κ2) is 9.60. The summed E-state index contributed by atoms with van der Waals surface area (Å²) in [5.74, 6) is 1.76. The Morgan fingerprint density at radius 1 is 1.19 bits per heavy atom. The van der Waals surface area contributed by atoms with Crippen LogP contribution in [0, 0.1) is 0 Å². The molecule has 1 aromatic heterocycles. The Hall–Kier alpha value is -0.531. The van der Waals surface area contributed by atoms with Gasteiger partial charge in [-0.05, 0) is 52.5 Å². The molecule has 0 amide bonds. The van der Waals surface area contributed by atoms with Gasteiger partial charge in [0.1, 0.15) is 11.5 Å². The number of fused-ring (bicyclic) bond motifs is 1. The van der Waals surface area contributed by atoms with E-state index in [4.69, 9.17) is 9.47 Å². The third-order valence-electron chi connectivity index (χ3n) is 4.00. The van der Waals surface area contributed by atoms with Crippen molar-refractivity contribution >= 4 is 55.1 Å². The zero-order chi connectivity index (χ0) is 18.5. The zero-order valence-corrected chi connectivity index (χ0v) is 19.6. The van der Waals surface area contributed by atoms with E-state index in [9.17, 15) is 0 Å². The van der Waals surface area contributed by atoms with Crippen molar-refractivity contribution < 1.29 is 20.8 Å². The molecule has 0 N–H and O–H groups in total. The van der Waals surface area contributed by atoms with Gasteiger partial charge in [-0.3, -0.25) is 4.68 Å². The van der Waals surface area contributed by atoms with Crippen LogP contribution in [-0.4, -0.2) is 23.0 Å². The molecular weight excluding hydrogens is 579 g/mol. The number of methoxy groups -OCH3 is 1. The van der Waals surface area contributed by atoms with Crippen molar-refractivity contribution in [2.75, 3.05) is 7.11 Å². The molecule has 26 heavy (non-hydrogen) atoms. The number of aromatic nitrogens is 2. The van der Waals surface area contributed by atoms with Crippen molar-refractivity contribution in [2.24, 2.45) is 0 Å². The third kappa shape index (κ3) is 5.26. The average Bonchev–Trinajstić information content (AvgIpc) is 3.38. The molecule has 1 heterocycles. The normalized spacial score (nSPS) is 13.4. The van der Waals surface area contributed by atoms with E-state index in [1.807, 2.05) is 23.0 Å². The molecule has 0 bridgehead atoms. The molecule has 1 fully saturated rings. The summed E-state index contributed by atoms with van der Waals surface area (Å²) in [4.78, 5) is 0. The molecule has 0 atom stereocenters. The van der Waals surface area contributed by atoms with Gasteiger partial charge in [0.15, 0.2) is 0 Å². The third-order valence-corrected chi connectivity index (χ3v) is 4.62. The van der Waals surface area contributed by atoms with Crippen LogP contribution in [-0.2, 0) is 17.9 Å². The molecule has 0 aliphatic heterocycles. The number of halogens is 3. The fraction of sp³-hybridized carbons (Fsp3) is 0.278. The summed E-state index contributed by atoms with van der Waals surface area (Å²) >= 11 is 11.0.